The van der Waals surface area contributed by atoms with E-state index in [-0.39, 0.29) is 36.8 Å². The summed E-state index contributed by atoms with van der Waals surface area (Å²) in [4.78, 5) is 28.7. The third-order valence-electron chi connectivity index (χ3n) is 5.00. The Bertz CT molecular complexity index is 786. The average molecular weight is 402 g/mol. The van der Waals surface area contributed by atoms with Gasteiger partial charge in [0.25, 0.3) is 0 Å². The van der Waals surface area contributed by atoms with Gasteiger partial charge in [-0.1, -0.05) is 19.1 Å². The summed E-state index contributed by atoms with van der Waals surface area (Å²) in [6.07, 6.45) is 3.74. The summed E-state index contributed by atoms with van der Waals surface area (Å²) in [5.41, 5.74) is 0.804. The molecule has 0 N–H and O–H groups in total. The first-order valence-corrected chi connectivity index (χ1v) is 9.99. The summed E-state index contributed by atoms with van der Waals surface area (Å²) in [5, 5.41) is 0. The highest BCUT2D eigenvalue weighted by atomic mass is 19.1. The third kappa shape index (κ3) is 6.15. The van der Waals surface area contributed by atoms with E-state index in [0.717, 1.165) is 18.4 Å². The monoisotopic (exact) mass is 402 g/mol. The highest BCUT2D eigenvalue weighted by Gasteiger charge is 2.26. The van der Waals surface area contributed by atoms with Crippen molar-refractivity contribution in [3.63, 3.8) is 0 Å². The van der Waals surface area contributed by atoms with Crippen LogP contribution in [0.25, 0.3) is 0 Å². The molecule has 1 fully saturated rings. The molecule has 1 aromatic carbocycles. The Hall–Kier alpha value is -2.67. The quantitative estimate of drug-likeness (QED) is 0.645. The zero-order chi connectivity index (χ0) is 20.6. The number of benzene rings is 1. The molecular weight excluding hydrogens is 375 g/mol. The fourth-order valence-electron chi connectivity index (χ4n) is 3.41. The van der Waals surface area contributed by atoms with E-state index in [1.54, 1.807) is 47.3 Å². The van der Waals surface area contributed by atoms with Crippen LogP contribution in [0.2, 0.25) is 0 Å². The van der Waals surface area contributed by atoms with Crippen LogP contribution in [0.4, 0.5) is 4.39 Å². The predicted molar refractivity (Wildman–Crippen MR) is 105 cm³/mol. The van der Waals surface area contributed by atoms with Gasteiger partial charge < -0.3 is 19.0 Å². The van der Waals surface area contributed by atoms with Crippen LogP contribution in [0, 0.1) is 5.82 Å². The second-order valence-electron chi connectivity index (χ2n) is 7.22. The Morgan fingerprint density at radius 2 is 1.90 bits per heavy atom. The average Bonchev–Trinajstić information content (AvgIpc) is 3.42. The molecule has 1 aliphatic heterocycles. The van der Waals surface area contributed by atoms with Gasteiger partial charge >= 0.3 is 0 Å². The molecule has 156 valence electrons. The summed E-state index contributed by atoms with van der Waals surface area (Å²) in [6.45, 7) is 3.46. The van der Waals surface area contributed by atoms with E-state index in [9.17, 15) is 14.0 Å². The third-order valence-corrected chi connectivity index (χ3v) is 5.00. The summed E-state index contributed by atoms with van der Waals surface area (Å²) in [5.74, 6) is 0.0565. The van der Waals surface area contributed by atoms with Crippen LogP contribution in [-0.4, -0.2) is 47.4 Å². The van der Waals surface area contributed by atoms with Gasteiger partial charge in [-0.3, -0.25) is 9.59 Å². The first kappa shape index (κ1) is 21.0. The number of rotatable bonds is 9. The summed E-state index contributed by atoms with van der Waals surface area (Å²) in [6, 6.07) is 9.61. The van der Waals surface area contributed by atoms with E-state index >= 15 is 0 Å². The maximum atomic E-state index is 13.2. The van der Waals surface area contributed by atoms with Crippen molar-refractivity contribution in [1.29, 1.82) is 0 Å². The van der Waals surface area contributed by atoms with Crippen LogP contribution >= 0.6 is 0 Å². The highest BCUT2D eigenvalue weighted by Crippen LogP contribution is 2.16. The van der Waals surface area contributed by atoms with Crippen molar-refractivity contribution >= 4 is 11.8 Å². The van der Waals surface area contributed by atoms with Crippen molar-refractivity contribution in [3.8, 4) is 0 Å². The van der Waals surface area contributed by atoms with Crippen molar-refractivity contribution < 1.29 is 23.1 Å². The normalized spacial score (nSPS) is 16.0. The lowest BCUT2D eigenvalue weighted by molar-refractivity contribution is -0.142. The minimum absolute atomic E-state index is 0.0194. The van der Waals surface area contributed by atoms with Crippen LogP contribution in [0.5, 0.6) is 0 Å². The molecule has 1 atom stereocenters. The number of hydrogen-bond donors (Lipinski definition) is 0. The second kappa shape index (κ2) is 10.2. The predicted octanol–water partition coefficient (Wildman–Crippen LogP) is 3.37. The molecule has 2 amide bonds. The fraction of sp³-hybridized carbons (Fsp3) is 0.455. The SMILES string of the molecule is CCC(=O)N(CC(=O)N(Cc1ccc(F)cc1)Cc1ccco1)CC1CCCO1. The molecule has 0 aliphatic carbocycles. The zero-order valence-corrected chi connectivity index (χ0v) is 16.7. The Morgan fingerprint density at radius 1 is 1.10 bits per heavy atom. The van der Waals surface area contributed by atoms with Crippen molar-refractivity contribution in [2.45, 2.75) is 45.4 Å². The number of furan rings is 1. The Morgan fingerprint density at radius 3 is 2.52 bits per heavy atom. The lowest BCUT2D eigenvalue weighted by Gasteiger charge is -2.28. The van der Waals surface area contributed by atoms with E-state index in [4.69, 9.17) is 9.15 Å². The molecule has 29 heavy (non-hydrogen) atoms. The topological polar surface area (TPSA) is 63.0 Å². The van der Waals surface area contributed by atoms with Crippen molar-refractivity contribution in [1.82, 2.24) is 9.80 Å². The van der Waals surface area contributed by atoms with Gasteiger partial charge in [-0.15, -0.1) is 0 Å². The number of carbonyl (C=O) groups excluding carboxylic acids is 2. The molecule has 1 unspecified atom stereocenters. The number of halogens is 1. The van der Waals surface area contributed by atoms with E-state index in [2.05, 4.69) is 0 Å². The minimum atomic E-state index is -0.325. The minimum Gasteiger partial charge on any atom is -0.467 e. The maximum absolute atomic E-state index is 13.2. The van der Waals surface area contributed by atoms with Crippen molar-refractivity contribution in [2.24, 2.45) is 0 Å². The Kier molecular flexibility index (Phi) is 7.41. The van der Waals surface area contributed by atoms with Crippen molar-refractivity contribution in [3.05, 3.63) is 59.8 Å². The molecule has 0 spiro atoms. The van der Waals surface area contributed by atoms with Gasteiger partial charge in [0, 0.05) is 26.1 Å². The number of hydrogen-bond acceptors (Lipinski definition) is 4. The lowest BCUT2D eigenvalue weighted by Crippen LogP contribution is -2.45. The van der Waals surface area contributed by atoms with E-state index in [1.165, 1.54) is 12.1 Å². The lowest BCUT2D eigenvalue weighted by atomic mass is 10.2. The summed E-state index contributed by atoms with van der Waals surface area (Å²) in [7, 11) is 0. The zero-order valence-electron chi connectivity index (χ0n) is 16.7. The van der Waals surface area contributed by atoms with Crippen LogP contribution < -0.4 is 0 Å². The smallest absolute Gasteiger partial charge is 0.242 e. The van der Waals surface area contributed by atoms with Crippen LogP contribution in [-0.2, 0) is 27.4 Å². The highest BCUT2D eigenvalue weighted by molar-refractivity contribution is 5.84. The van der Waals surface area contributed by atoms with Crippen molar-refractivity contribution in [2.75, 3.05) is 19.7 Å². The fourth-order valence-corrected chi connectivity index (χ4v) is 3.41. The standard InChI is InChI=1S/C22H27FN2O4/c1-2-21(26)25(15-20-6-4-12-29-20)16-22(27)24(14-19-5-3-11-28-19)13-17-7-9-18(23)10-8-17/h3,5,7-11,20H,2,4,6,12-16H2,1H3. The molecule has 0 radical (unpaired) electrons. The molecule has 2 aromatic rings. The molecular formula is C22H27FN2O4. The van der Waals surface area contributed by atoms with Gasteiger partial charge in [-0.25, -0.2) is 4.39 Å². The number of ether oxygens (including phenoxy) is 1. The summed E-state index contributed by atoms with van der Waals surface area (Å²) < 4.78 is 24.3. The number of amides is 2. The van der Waals surface area contributed by atoms with Gasteiger partial charge in [-0.05, 0) is 42.7 Å². The molecule has 0 bridgehead atoms. The van der Waals surface area contributed by atoms with Gasteiger partial charge in [0.2, 0.25) is 11.8 Å². The molecule has 0 saturated carbocycles. The Labute approximate surface area is 170 Å². The van der Waals surface area contributed by atoms with Gasteiger partial charge in [0.15, 0.2) is 0 Å². The summed E-state index contributed by atoms with van der Waals surface area (Å²) >= 11 is 0. The van der Waals surface area contributed by atoms with E-state index in [0.29, 0.717) is 31.9 Å². The largest absolute Gasteiger partial charge is 0.467 e. The molecule has 1 aliphatic rings. The molecule has 3 rings (SSSR count). The van der Waals surface area contributed by atoms with E-state index in [1.807, 2.05) is 0 Å². The van der Waals surface area contributed by atoms with Crippen LogP contribution in [0.15, 0.2) is 47.1 Å². The maximum Gasteiger partial charge on any atom is 0.242 e. The molecule has 7 heteroatoms. The van der Waals surface area contributed by atoms with Gasteiger partial charge in [0.1, 0.15) is 11.6 Å². The van der Waals surface area contributed by atoms with E-state index < -0.39 is 0 Å². The van der Waals surface area contributed by atoms with Gasteiger partial charge in [-0.2, -0.15) is 0 Å². The number of carbonyl (C=O) groups is 2. The number of nitrogens with zero attached hydrogens (tertiary/aromatic N) is 2. The van der Waals surface area contributed by atoms with Crippen LogP contribution in [0.1, 0.15) is 37.5 Å². The first-order valence-electron chi connectivity index (χ1n) is 9.99. The van der Waals surface area contributed by atoms with Crippen LogP contribution in [0.3, 0.4) is 0 Å². The molecule has 6 nitrogen and oxygen atoms in total. The second-order valence-corrected chi connectivity index (χ2v) is 7.22. The Balaban J connectivity index is 1.72. The molecule has 1 saturated heterocycles. The van der Waals surface area contributed by atoms with Gasteiger partial charge in [0.05, 0.1) is 25.5 Å². The first-order chi connectivity index (χ1) is 14.0. The molecule has 2 heterocycles. The molecule has 1 aromatic heterocycles.